The third kappa shape index (κ3) is 2.41. The first kappa shape index (κ1) is 9.90. The first-order valence-electron chi connectivity index (χ1n) is 4.66. The number of thioether (sulfide) groups is 1. The van der Waals surface area contributed by atoms with Crippen LogP contribution in [0.3, 0.4) is 0 Å². The lowest BCUT2D eigenvalue weighted by Crippen LogP contribution is -2.32. The van der Waals surface area contributed by atoms with Crippen LogP contribution in [0.15, 0.2) is 0 Å². The van der Waals surface area contributed by atoms with Crippen molar-refractivity contribution < 1.29 is 4.79 Å². The summed E-state index contributed by atoms with van der Waals surface area (Å²) in [5.41, 5.74) is 0. The third-order valence-corrected chi connectivity index (χ3v) is 3.35. The Kier molecular flexibility index (Phi) is 3.92. The molecule has 0 aliphatic carbocycles. The van der Waals surface area contributed by atoms with Gasteiger partial charge in [-0.25, -0.2) is 0 Å². The Labute approximate surface area is 78.7 Å². The highest BCUT2D eigenvalue weighted by atomic mass is 32.2. The van der Waals surface area contributed by atoms with Crippen molar-refractivity contribution >= 4 is 17.7 Å². The maximum absolute atomic E-state index is 11.5. The number of unbranched alkanes of at least 4 members (excludes halogenated alkanes) is 1. The zero-order valence-electron chi connectivity index (χ0n) is 7.88. The molecule has 1 unspecified atom stereocenters. The second kappa shape index (κ2) is 4.75. The van der Waals surface area contributed by atoms with Gasteiger partial charge in [-0.05, 0) is 13.3 Å². The highest BCUT2D eigenvalue weighted by molar-refractivity contribution is 8.00. The van der Waals surface area contributed by atoms with E-state index in [4.69, 9.17) is 0 Å². The zero-order valence-corrected chi connectivity index (χ0v) is 8.69. The summed E-state index contributed by atoms with van der Waals surface area (Å²) in [4.78, 5) is 13.5. The second-order valence-electron chi connectivity index (χ2n) is 3.16. The minimum atomic E-state index is 0.342. The third-order valence-electron chi connectivity index (χ3n) is 2.19. The van der Waals surface area contributed by atoms with Gasteiger partial charge in [0.25, 0.3) is 0 Å². The molecule has 0 N–H and O–H groups in total. The number of rotatable bonds is 3. The van der Waals surface area contributed by atoms with E-state index in [0.29, 0.717) is 11.3 Å². The van der Waals surface area contributed by atoms with Crippen LogP contribution in [0, 0.1) is 0 Å². The van der Waals surface area contributed by atoms with E-state index < -0.39 is 0 Å². The van der Waals surface area contributed by atoms with E-state index in [0.717, 1.165) is 31.6 Å². The molecule has 0 bridgehead atoms. The molecule has 1 saturated heterocycles. The average Bonchev–Trinajstić information content (AvgIpc) is 2.47. The van der Waals surface area contributed by atoms with Gasteiger partial charge in [0.2, 0.25) is 5.91 Å². The fraction of sp³-hybridized carbons (Fsp3) is 0.889. The fourth-order valence-electron chi connectivity index (χ4n) is 1.39. The summed E-state index contributed by atoms with van der Waals surface area (Å²) >= 11 is 1.87. The van der Waals surface area contributed by atoms with Crippen molar-refractivity contribution in [2.24, 2.45) is 0 Å². The molecule has 1 fully saturated rings. The van der Waals surface area contributed by atoms with Crippen LogP contribution in [-0.4, -0.2) is 28.5 Å². The molecule has 1 amide bonds. The second-order valence-corrected chi connectivity index (χ2v) is 4.58. The molecule has 70 valence electrons. The Morgan fingerprint density at radius 2 is 2.42 bits per heavy atom. The number of nitrogens with zero attached hydrogens (tertiary/aromatic N) is 1. The lowest BCUT2D eigenvalue weighted by molar-refractivity contribution is -0.131. The van der Waals surface area contributed by atoms with Gasteiger partial charge in [-0.1, -0.05) is 13.3 Å². The molecule has 0 aromatic carbocycles. The Morgan fingerprint density at radius 3 is 2.92 bits per heavy atom. The summed E-state index contributed by atoms with van der Waals surface area (Å²) in [7, 11) is 0. The standard InChI is InChI=1S/C9H17NOS/c1-3-4-5-9(11)10-6-7-12-8(10)2/h8H,3-7H2,1-2H3. The van der Waals surface area contributed by atoms with Crippen molar-refractivity contribution in [2.45, 2.75) is 38.5 Å². The van der Waals surface area contributed by atoms with Crippen LogP contribution >= 0.6 is 11.8 Å². The van der Waals surface area contributed by atoms with Crippen molar-refractivity contribution in [3.05, 3.63) is 0 Å². The predicted molar refractivity (Wildman–Crippen MR) is 53.2 cm³/mol. The lowest BCUT2D eigenvalue weighted by Gasteiger charge is -2.20. The number of hydrogen-bond donors (Lipinski definition) is 0. The van der Waals surface area contributed by atoms with Crippen LogP contribution in [0.5, 0.6) is 0 Å². The van der Waals surface area contributed by atoms with Crippen LogP contribution in [0.2, 0.25) is 0 Å². The van der Waals surface area contributed by atoms with Gasteiger partial charge in [-0.15, -0.1) is 11.8 Å². The Balaban J connectivity index is 2.30. The predicted octanol–water partition coefficient (Wildman–Crippen LogP) is 2.10. The van der Waals surface area contributed by atoms with E-state index in [2.05, 4.69) is 13.8 Å². The molecule has 1 aliphatic rings. The highest BCUT2D eigenvalue weighted by Crippen LogP contribution is 2.23. The van der Waals surface area contributed by atoms with Gasteiger partial charge in [0.15, 0.2) is 0 Å². The van der Waals surface area contributed by atoms with Gasteiger partial charge in [-0.3, -0.25) is 4.79 Å². The fourth-order valence-corrected chi connectivity index (χ4v) is 2.44. The molecular formula is C9H17NOS. The van der Waals surface area contributed by atoms with Crippen molar-refractivity contribution in [2.75, 3.05) is 12.3 Å². The van der Waals surface area contributed by atoms with Crippen molar-refractivity contribution in [1.82, 2.24) is 4.90 Å². The molecule has 1 atom stereocenters. The van der Waals surface area contributed by atoms with Crippen LogP contribution in [0.4, 0.5) is 0 Å². The summed E-state index contributed by atoms with van der Waals surface area (Å²) in [5, 5.41) is 0.411. The van der Waals surface area contributed by atoms with E-state index in [1.807, 2.05) is 16.7 Å². The Bertz CT molecular complexity index is 161. The average molecular weight is 187 g/mol. The smallest absolute Gasteiger partial charge is 0.223 e. The van der Waals surface area contributed by atoms with Crippen LogP contribution in [0.1, 0.15) is 33.1 Å². The first-order valence-corrected chi connectivity index (χ1v) is 5.71. The molecule has 12 heavy (non-hydrogen) atoms. The van der Waals surface area contributed by atoms with Gasteiger partial charge in [0.05, 0.1) is 5.37 Å². The van der Waals surface area contributed by atoms with Crippen LogP contribution in [-0.2, 0) is 4.79 Å². The maximum atomic E-state index is 11.5. The van der Waals surface area contributed by atoms with Crippen molar-refractivity contribution in [3.8, 4) is 0 Å². The summed E-state index contributed by atoms with van der Waals surface area (Å²) in [6.07, 6.45) is 2.88. The Morgan fingerprint density at radius 1 is 1.67 bits per heavy atom. The summed E-state index contributed by atoms with van der Waals surface area (Å²) in [6, 6.07) is 0. The van der Waals surface area contributed by atoms with Crippen LogP contribution < -0.4 is 0 Å². The largest absolute Gasteiger partial charge is 0.330 e. The molecule has 0 saturated carbocycles. The van der Waals surface area contributed by atoms with Crippen molar-refractivity contribution in [1.29, 1.82) is 0 Å². The minimum absolute atomic E-state index is 0.342. The highest BCUT2D eigenvalue weighted by Gasteiger charge is 2.24. The topological polar surface area (TPSA) is 20.3 Å². The molecule has 2 nitrogen and oxygen atoms in total. The van der Waals surface area contributed by atoms with E-state index in [-0.39, 0.29) is 0 Å². The van der Waals surface area contributed by atoms with Gasteiger partial charge in [-0.2, -0.15) is 0 Å². The molecule has 3 heteroatoms. The summed E-state index contributed by atoms with van der Waals surface area (Å²) < 4.78 is 0. The van der Waals surface area contributed by atoms with Gasteiger partial charge < -0.3 is 4.90 Å². The normalized spacial score (nSPS) is 23.2. The molecule has 1 heterocycles. The van der Waals surface area contributed by atoms with E-state index in [1.54, 1.807) is 0 Å². The number of carbonyl (C=O) groups excluding carboxylic acids is 1. The minimum Gasteiger partial charge on any atom is -0.330 e. The van der Waals surface area contributed by atoms with E-state index >= 15 is 0 Å². The number of carbonyl (C=O) groups is 1. The number of hydrogen-bond acceptors (Lipinski definition) is 2. The number of amides is 1. The molecule has 0 spiro atoms. The van der Waals surface area contributed by atoms with Gasteiger partial charge in [0.1, 0.15) is 0 Å². The maximum Gasteiger partial charge on any atom is 0.223 e. The lowest BCUT2D eigenvalue weighted by atomic mass is 10.2. The molecule has 0 radical (unpaired) electrons. The monoisotopic (exact) mass is 187 g/mol. The zero-order chi connectivity index (χ0) is 8.97. The Hall–Kier alpha value is -0.180. The first-order chi connectivity index (χ1) is 5.75. The molecular weight excluding hydrogens is 170 g/mol. The molecule has 0 aromatic heterocycles. The van der Waals surface area contributed by atoms with Gasteiger partial charge >= 0.3 is 0 Å². The van der Waals surface area contributed by atoms with E-state index in [1.165, 1.54) is 0 Å². The van der Waals surface area contributed by atoms with E-state index in [9.17, 15) is 4.79 Å². The summed E-state index contributed by atoms with van der Waals surface area (Å²) in [5.74, 6) is 1.45. The van der Waals surface area contributed by atoms with Crippen molar-refractivity contribution in [3.63, 3.8) is 0 Å². The summed E-state index contributed by atoms with van der Waals surface area (Å²) in [6.45, 7) is 5.19. The van der Waals surface area contributed by atoms with Crippen LogP contribution in [0.25, 0.3) is 0 Å². The van der Waals surface area contributed by atoms with Gasteiger partial charge in [0, 0.05) is 18.7 Å². The molecule has 1 aliphatic heterocycles. The molecule has 0 aromatic rings. The quantitative estimate of drug-likeness (QED) is 0.674. The molecule has 1 rings (SSSR count). The SMILES string of the molecule is CCCCC(=O)N1CCSC1C.